The van der Waals surface area contributed by atoms with Crippen LogP contribution in [-0.4, -0.2) is 49.4 Å². The van der Waals surface area contributed by atoms with Crippen molar-refractivity contribution >= 4 is 39.8 Å². The van der Waals surface area contributed by atoms with Gasteiger partial charge in [0.1, 0.15) is 34.2 Å². The van der Waals surface area contributed by atoms with Crippen molar-refractivity contribution in [3.8, 4) is 34.1 Å². The van der Waals surface area contributed by atoms with E-state index in [1.807, 2.05) is 54.6 Å². The third kappa shape index (κ3) is 9.91. The van der Waals surface area contributed by atoms with Gasteiger partial charge < -0.3 is 32.9 Å². The smallest absolute Gasteiger partial charge is 0.336 e. The molecule has 1 N–H and O–H groups in total. The van der Waals surface area contributed by atoms with Crippen LogP contribution in [0.1, 0.15) is 61.7 Å². The van der Waals surface area contributed by atoms with E-state index in [9.17, 15) is 19.5 Å². The summed E-state index contributed by atoms with van der Waals surface area (Å²) in [5.74, 6) is 0.357. The normalized spacial score (nSPS) is 11.0. The molecule has 266 valence electrons. The monoisotopic (exact) mass is 694 g/mol. The largest absolute Gasteiger partial charge is 0.493 e. The van der Waals surface area contributed by atoms with Gasteiger partial charge in [0.05, 0.1) is 42.8 Å². The Morgan fingerprint density at radius 1 is 0.608 bits per heavy atom. The highest BCUT2D eigenvalue weighted by Gasteiger charge is 2.20. The highest BCUT2D eigenvalue weighted by molar-refractivity contribution is 5.99. The summed E-state index contributed by atoms with van der Waals surface area (Å²) in [6, 6.07) is 19.9. The average molecular weight is 695 g/mol. The van der Waals surface area contributed by atoms with Crippen LogP contribution in [0.5, 0.6) is 11.5 Å². The molecule has 10 heteroatoms. The van der Waals surface area contributed by atoms with Crippen LogP contribution in [0.4, 0.5) is 0 Å². The topological polar surface area (TPSA) is 135 Å². The Labute approximate surface area is 296 Å². The van der Waals surface area contributed by atoms with Gasteiger partial charge in [-0.05, 0) is 99.9 Å². The van der Waals surface area contributed by atoms with Crippen molar-refractivity contribution in [2.75, 3.05) is 26.4 Å². The van der Waals surface area contributed by atoms with Crippen LogP contribution in [0.25, 0.3) is 44.6 Å². The second-order valence-corrected chi connectivity index (χ2v) is 11.9. The van der Waals surface area contributed by atoms with E-state index in [1.165, 1.54) is 0 Å². The molecule has 51 heavy (non-hydrogen) atoms. The lowest BCUT2D eigenvalue weighted by Crippen LogP contribution is -2.02. The maximum absolute atomic E-state index is 12.5. The van der Waals surface area contributed by atoms with Gasteiger partial charge in [-0.2, -0.15) is 0 Å². The molecule has 2 heterocycles. The SMILES string of the molecule is C=CC(=O)OCCCCCCOc1cccc2oc(-c3ccc(-c4cc5c(OCCCCCCOC(=O)C=C)cccc5o4)c(C(=O)O)c3)cc12. The molecule has 0 aliphatic heterocycles. The predicted molar refractivity (Wildman–Crippen MR) is 194 cm³/mol. The molecule has 0 atom stereocenters. The maximum Gasteiger partial charge on any atom is 0.336 e. The number of rotatable bonds is 21. The van der Waals surface area contributed by atoms with Crippen LogP contribution < -0.4 is 9.47 Å². The lowest BCUT2D eigenvalue weighted by atomic mass is 10.0. The highest BCUT2D eigenvalue weighted by Crippen LogP contribution is 2.38. The first kappa shape index (κ1) is 36.5. The summed E-state index contributed by atoms with van der Waals surface area (Å²) in [7, 11) is 0. The van der Waals surface area contributed by atoms with Gasteiger partial charge in [0.2, 0.25) is 0 Å². The number of unbranched alkanes of at least 4 members (excludes halogenated alkanes) is 6. The minimum Gasteiger partial charge on any atom is -0.493 e. The summed E-state index contributed by atoms with van der Waals surface area (Å²) >= 11 is 0. The van der Waals surface area contributed by atoms with Crippen LogP contribution in [0.15, 0.2) is 101 Å². The first-order chi connectivity index (χ1) is 24.9. The Balaban J connectivity index is 1.22. The first-order valence-corrected chi connectivity index (χ1v) is 17.1. The molecule has 5 aromatic rings. The van der Waals surface area contributed by atoms with Gasteiger partial charge in [-0.1, -0.05) is 31.4 Å². The van der Waals surface area contributed by atoms with E-state index in [2.05, 4.69) is 13.2 Å². The number of ether oxygens (including phenoxy) is 4. The van der Waals surface area contributed by atoms with Gasteiger partial charge >= 0.3 is 17.9 Å². The Kier molecular flexibility index (Phi) is 13.1. The van der Waals surface area contributed by atoms with E-state index < -0.39 is 17.9 Å². The quantitative estimate of drug-likeness (QED) is 0.0449. The fourth-order valence-electron chi connectivity index (χ4n) is 5.63. The van der Waals surface area contributed by atoms with E-state index in [0.717, 1.165) is 74.3 Å². The van der Waals surface area contributed by atoms with Crippen LogP contribution in [0.3, 0.4) is 0 Å². The van der Waals surface area contributed by atoms with Gasteiger partial charge in [0.25, 0.3) is 0 Å². The zero-order valence-corrected chi connectivity index (χ0v) is 28.5. The van der Waals surface area contributed by atoms with Gasteiger partial charge in [-0.25, -0.2) is 14.4 Å². The number of carbonyl (C=O) groups is 3. The maximum atomic E-state index is 12.5. The summed E-state index contributed by atoms with van der Waals surface area (Å²) in [6.07, 6.45) is 9.22. The second kappa shape index (κ2) is 18.3. The van der Waals surface area contributed by atoms with E-state index >= 15 is 0 Å². The van der Waals surface area contributed by atoms with Crippen molar-refractivity contribution in [3.05, 3.63) is 97.6 Å². The molecule has 0 aliphatic carbocycles. The molecule has 0 amide bonds. The Bertz CT molecular complexity index is 1980. The molecule has 0 bridgehead atoms. The number of carboxylic acid groups (broad SMARTS) is 1. The fraction of sp³-hybridized carbons (Fsp3) is 0.293. The van der Waals surface area contributed by atoms with Crippen molar-refractivity contribution in [2.24, 2.45) is 0 Å². The van der Waals surface area contributed by atoms with Gasteiger partial charge in [0.15, 0.2) is 0 Å². The zero-order chi connectivity index (χ0) is 36.0. The minimum absolute atomic E-state index is 0.0731. The van der Waals surface area contributed by atoms with Crippen LogP contribution in [-0.2, 0) is 19.1 Å². The molecular weight excluding hydrogens is 652 g/mol. The molecule has 0 unspecified atom stereocenters. The number of aromatic carboxylic acids is 1. The number of carboxylic acids is 1. The second-order valence-electron chi connectivity index (χ2n) is 11.9. The Morgan fingerprint density at radius 2 is 1.10 bits per heavy atom. The lowest BCUT2D eigenvalue weighted by molar-refractivity contribution is -0.138. The molecule has 0 spiro atoms. The summed E-state index contributed by atoms with van der Waals surface area (Å²) in [4.78, 5) is 34.8. The van der Waals surface area contributed by atoms with Crippen LogP contribution >= 0.6 is 0 Å². The number of fused-ring (bicyclic) bond motifs is 2. The van der Waals surface area contributed by atoms with Crippen molar-refractivity contribution in [3.63, 3.8) is 0 Å². The van der Waals surface area contributed by atoms with Crippen LogP contribution in [0.2, 0.25) is 0 Å². The van der Waals surface area contributed by atoms with E-state index in [1.54, 1.807) is 12.1 Å². The van der Waals surface area contributed by atoms with Crippen molar-refractivity contribution in [1.82, 2.24) is 0 Å². The highest BCUT2D eigenvalue weighted by atomic mass is 16.5. The number of carbonyl (C=O) groups excluding carboxylic acids is 2. The van der Waals surface area contributed by atoms with Gasteiger partial charge in [-0.3, -0.25) is 0 Å². The zero-order valence-electron chi connectivity index (χ0n) is 28.5. The van der Waals surface area contributed by atoms with Gasteiger partial charge in [0, 0.05) is 23.3 Å². The molecular formula is C41H42O10. The number of hydrogen-bond donors (Lipinski definition) is 1. The average Bonchev–Trinajstić information content (AvgIpc) is 3.79. The number of furan rings is 2. The lowest BCUT2D eigenvalue weighted by Gasteiger charge is -2.07. The van der Waals surface area contributed by atoms with Crippen molar-refractivity contribution in [1.29, 1.82) is 0 Å². The third-order valence-electron chi connectivity index (χ3n) is 8.26. The fourth-order valence-corrected chi connectivity index (χ4v) is 5.63. The molecule has 0 saturated carbocycles. The van der Waals surface area contributed by atoms with E-state index in [-0.39, 0.29) is 5.56 Å². The van der Waals surface area contributed by atoms with Gasteiger partial charge in [-0.15, -0.1) is 0 Å². The summed E-state index contributed by atoms with van der Waals surface area (Å²) < 4.78 is 34.4. The number of benzene rings is 3. The molecule has 3 aromatic carbocycles. The Hall–Kier alpha value is -5.77. The first-order valence-electron chi connectivity index (χ1n) is 17.1. The molecule has 0 aliphatic rings. The summed E-state index contributed by atoms with van der Waals surface area (Å²) in [5, 5.41) is 11.8. The van der Waals surface area contributed by atoms with Crippen LogP contribution in [0, 0.1) is 0 Å². The summed E-state index contributed by atoms with van der Waals surface area (Å²) in [5.41, 5.74) is 2.33. The molecule has 10 nitrogen and oxygen atoms in total. The molecule has 0 saturated heterocycles. The molecule has 2 aromatic heterocycles. The molecule has 5 rings (SSSR count). The van der Waals surface area contributed by atoms with Crippen molar-refractivity contribution in [2.45, 2.75) is 51.4 Å². The predicted octanol–water partition coefficient (Wildman–Crippen LogP) is 9.55. The third-order valence-corrected chi connectivity index (χ3v) is 8.26. The molecule has 0 radical (unpaired) electrons. The minimum atomic E-state index is -1.10. The summed E-state index contributed by atoms with van der Waals surface area (Å²) in [6.45, 7) is 8.54. The molecule has 0 fully saturated rings. The number of hydrogen-bond acceptors (Lipinski definition) is 9. The van der Waals surface area contributed by atoms with Crippen molar-refractivity contribution < 1.29 is 47.3 Å². The van der Waals surface area contributed by atoms with E-state index in [4.69, 9.17) is 27.8 Å². The Morgan fingerprint density at radius 3 is 1.61 bits per heavy atom. The van der Waals surface area contributed by atoms with E-state index in [0.29, 0.717) is 71.7 Å². The number of esters is 2. The standard InChI is InChI=1S/C41H42O10/c1-3-39(42)48-23-11-7-5-9-21-46-33-15-13-17-35-31(33)26-37(50-35)28-19-20-29(30(25-28)41(44)45)38-27-32-34(16-14-18-36(32)51-38)47-22-10-6-8-12-24-49-40(43)4-2/h3-4,13-20,25-27H,1-2,5-12,21-24H2,(H,44,45).